The first-order chi connectivity index (χ1) is 9.72. The van der Waals surface area contributed by atoms with Crippen molar-refractivity contribution in [3.63, 3.8) is 0 Å². The van der Waals surface area contributed by atoms with Crippen LogP contribution in [-0.4, -0.2) is 16.3 Å². The fraction of sp³-hybridized carbons (Fsp3) is 0.375. The molecular formula is C16H18N4. The Labute approximate surface area is 119 Å². The number of aryl methyl sites for hydroxylation is 3. The quantitative estimate of drug-likeness (QED) is 0.796. The lowest BCUT2D eigenvalue weighted by molar-refractivity contribution is 0.715. The third-order valence-electron chi connectivity index (χ3n) is 3.92. The summed E-state index contributed by atoms with van der Waals surface area (Å²) in [6.45, 7) is 2.83. The molecule has 0 atom stereocenters. The van der Waals surface area contributed by atoms with Gasteiger partial charge in [-0.25, -0.2) is 0 Å². The highest BCUT2D eigenvalue weighted by Crippen LogP contribution is 2.34. The van der Waals surface area contributed by atoms with Gasteiger partial charge in [0.05, 0.1) is 5.69 Å². The van der Waals surface area contributed by atoms with Crippen molar-refractivity contribution in [1.82, 2.24) is 9.78 Å². The van der Waals surface area contributed by atoms with Gasteiger partial charge in [0.1, 0.15) is 17.5 Å². The summed E-state index contributed by atoms with van der Waals surface area (Å²) in [5, 5.41) is 13.8. The van der Waals surface area contributed by atoms with Crippen LogP contribution in [-0.2, 0) is 13.5 Å². The van der Waals surface area contributed by atoms with Crippen LogP contribution in [0.5, 0.6) is 0 Å². The van der Waals surface area contributed by atoms with Crippen molar-refractivity contribution in [3.05, 3.63) is 41.1 Å². The van der Waals surface area contributed by atoms with Gasteiger partial charge < -0.3 is 4.90 Å². The van der Waals surface area contributed by atoms with Crippen LogP contribution in [0.15, 0.2) is 24.3 Å². The summed E-state index contributed by atoms with van der Waals surface area (Å²) in [5.41, 5.74) is 4.05. The minimum Gasteiger partial charge on any atom is -0.325 e. The minimum atomic E-state index is 0.684. The van der Waals surface area contributed by atoms with Gasteiger partial charge in [-0.1, -0.05) is 18.2 Å². The first-order valence-corrected chi connectivity index (χ1v) is 7.01. The molecule has 1 aliphatic rings. The van der Waals surface area contributed by atoms with Gasteiger partial charge in [-0.2, -0.15) is 10.4 Å². The summed E-state index contributed by atoms with van der Waals surface area (Å²) in [4.78, 5) is 2.25. The first kappa shape index (κ1) is 12.7. The predicted molar refractivity (Wildman–Crippen MR) is 79.0 cm³/mol. The highest BCUT2D eigenvalue weighted by molar-refractivity contribution is 5.70. The molecule has 2 aromatic rings. The largest absolute Gasteiger partial charge is 0.325 e. The zero-order valence-electron chi connectivity index (χ0n) is 11.9. The Balaban J connectivity index is 2.18. The molecule has 0 bridgehead atoms. The molecule has 0 spiro atoms. The van der Waals surface area contributed by atoms with Crippen molar-refractivity contribution >= 4 is 11.5 Å². The minimum absolute atomic E-state index is 0.684. The predicted octanol–water partition coefficient (Wildman–Crippen LogP) is 3.07. The van der Waals surface area contributed by atoms with E-state index in [4.69, 9.17) is 0 Å². The van der Waals surface area contributed by atoms with Crippen molar-refractivity contribution in [2.45, 2.75) is 26.2 Å². The van der Waals surface area contributed by atoms with E-state index in [-0.39, 0.29) is 0 Å². The van der Waals surface area contributed by atoms with Crippen molar-refractivity contribution in [2.75, 3.05) is 11.4 Å². The SMILES string of the molecule is Cc1nn(C)c(N2CCCCc3ccccc32)c1C#N. The summed E-state index contributed by atoms with van der Waals surface area (Å²) in [7, 11) is 1.91. The standard InChI is InChI=1S/C16H18N4/c1-12-14(11-17)16(19(2)18-12)20-10-6-5-8-13-7-3-4-9-15(13)20/h3-4,7,9H,5-6,8,10H2,1-2H3. The number of benzene rings is 1. The van der Waals surface area contributed by atoms with Gasteiger partial charge in [-0.15, -0.1) is 0 Å². The van der Waals surface area contributed by atoms with Crippen LogP contribution >= 0.6 is 0 Å². The van der Waals surface area contributed by atoms with E-state index in [0.717, 1.165) is 30.9 Å². The molecule has 0 saturated carbocycles. The number of anilines is 2. The molecule has 0 radical (unpaired) electrons. The summed E-state index contributed by atoms with van der Waals surface area (Å²) < 4.78 is 1.83. The highest BCUT2D eigenvalue weighted by atomic mass is 15.4. The molecule has 102 valence electrons. The Morgan fingerprint density at radius 3 is 2.85 bits per heavy atom. The van der Waals surface area contributed by atoms with Gasteiger partial charge in [0.2, 0.25) is 0 Å². The molecule has 2 heterocycles. The van der Waals surface area contributed by atoms with E-state index in [1.165, 1.54) is 17.7 Å². The summed E-state index contributed by atoms with van der Waals surface area (Å²) in [6.07, 6.45) is 3.42. The second-order valence-electron chi connectivity index (χ2n) is 5.26. The van der Waals surface area contributed by atoms with Gasteiger partial charge in [0, 0.05) is 19.3 Å². The second kappa shape index (κ2) is 5.01. The summed E-state index contributed by atoms with van der Waals surface area (Å²) in [6, 6.07) is 10.8. The van der Waals surface area contributed by atoms with Crippen LogP contribution in [0.25, 0.3) is 0 Å². The smallest absolute Gasteiger partial charge is 0.149 e. The zero-order valence-corrected chi connectivity index (χ0v) is 11.9. The van der Waals surface area contributed by atoms with E-state index >= 15 is 0 Å². The molecule has 1 aliphatic heterocycles. The Hall–Kier alpha value is -2.28. The molecule has 0 unspecified atom stereocenters. The highest BCUT2D eigenvalue weighted by Gasteiger charge is 2.23. The van der Waals surface area contributed by atoms with Crippen molar-refractivity contribution in [2.24, 2.45) is 7.05 Å². The fourth-order valence-electron chi connectivity index (χ4n) is 3.00. The number of nitrogens with zero attached hydrogens (tertiary/aromatic N) is 4. The molecule has 0 saturated heterocycles. The van der Waals surface area contributed by atoms with Crippen molar-refractivity contribution in [3.8, 4) is 6.07 Å². The van der Waals surface area contributed by atoms with E-state index < -0.39 is 0 Å². The van der Waals surface area contributed by atoms with Crippen LogP contribution < -0.4 is 4.90 Å². The van der Waals surface area contributed by atoms with Crippen molar-refractivity contribution < 1.29 is 0 Å². The van der Waals surface area contributed by atoms with Crippen LogP contribution in [0.2, 0.25) is 0 Å². The average Bonchev–Trinajstić information content (AvgIpc) is 2.63. The molecule has 0 amide bonds. The van der Waals surface area contributed by atoms with Crippen LogP contribution in [0.4, 0.5) is 11.5 Å². The second-order valence-corrected chi connectivity index (χ2v) is 5.26. The third-order valence-corrected chi connectivity index (χ3v) is 3.92. The Bertz CT molecular complexity index is 678. The summed E-state index contributed by atoms with van der Waals surface area (Å²) in [5.74, 6) is 0.916. The maximum absolute atomic E-state index is 9.43. The number of nitriles is 1. The van der Waals surface area contributed by atoms with E-state index in [2.05, 4.69) is 40.3 Å². The molecule has 1 aromatic carbocycles. The molecule has 0 N–H and O–H groups in total. The molecule has 0 fully saturated rings. The Kier molecular flexibility index (Phi) is 3.19. The maximum Gasteiger partial charge on any atom is 0.149 e. The van der Waals surface area contributed by atoms with Gasteiger partial charge in [0.25, 0.3) is 0 Å². The number of hydrogen-bond acceptors (Lipinski definition) is 3. The fourth-order valence-corrected chi connectivity index (χ4v) is 3.00. The molecule has 4 nitrogen and oxygen atoms in total. The summed E-state index contributed by atoms with van der Waals surface area (Å²) >= 11 is 0. The Morgan fingerprint density at radius 1 is 1.25 bits per heavy atom. The van der Waals surface area contributed by atoms with Gasteiger partial charge in [-0.3, -0.25) is 4.68 Å². The number of para-hydroxylation sites is 1. The topological polar surface area (TPSA) is 44.9 Å². The molecule has 3 rings (SSSR count). The molecule has 4 heteroatoms. The van der Waals surface area contributed by atoms with Gasteiger partial charge in [0.15, 0.2) is 0 Å². The lowest BCUT2D eigenvalue weighted by atomic mass is 10.1. The monoisotopic (exact) mass is 266 g/mol. The average molecular weight is 266 g/mol. The van der Waals surface area contributed by atoms with E-state index in [1.807, 2.05) is 18.7 Å². The van der Waals surface area contributed by atoms with Crippen LogP contribution in [0.3, 0.4) is 0 Å². The van der Waals surface area contributed by atoms with Gasteiger partial charge >= 0.3 is 0 Å². The van der Waals surface area contributed by atoms with E-state index in [1.54, 1.807) is 0 Å². The molecule has 1 aromatic heterocycles. The molecule has 0 aliphatic carbocycles. The number of hydrogen-bond donors (Lipinski definition) is 0. The zero-order chi connectivity index (χ0) is 14.1. The lowest BCUT2D eigenvalue weighted by Crippen LogP contribution is -2.21. The molecule has 20 heavy (non-hydrogen) atoms. The third kappa shape index (κ3) is 1.96. The normalized spacial score (nSPS) is 14.6. The molecular weight excluding hydrogens is 248 g/mol. The van der Waals surface area contributed by atoms with E-state index in [9.17, 15) is 5.26 Å². The number of aromatic nitrogens is 2. The maximum atomic E-state index is 9.43. The number of rotatable bonds is 1. The Morgan fingerprint density at radius 2 is 2.05 bits per heavy atom. The van der Waals surface area contributed by atoms with Gasteiger partial charge in [-0.05, 0) is 37.8 Å². The van der Waals surface area contributed by atoms with Crippen LogP contribution in [0.1, 0.15) is 29.7 Å². The lowest BCUT2D eigenvalue weighted by Gasteiger charge is -2.25. The number of fused-ring (bicyclic) bond motifs is 1. The van der Waals surface area contributed by atoms with E-state index in [0.29, 0.717) is 5.56 Å². The first-order valence-electron chi connectivity index (χ1n) is 7.01. The van der Waals surface area contributed by atoms with Crippen LogP contribution in [0, 0.1) is 18.3 Å². The van der Waals surface area contributed by atoms with Crippen molar-refractivity contribution in [1.29, 1.82) is 5.26 Å².